The van der Waals surface area contributed by atoms with Crippen LogP contribution >= 0.6 is 0 Å². The average molecular weight is 340 g/mol. The molecule has 0 saturated carbocycles. The van der Waals surface area contributed by atoms with Crippen LogP contribution in [0.3, 0.4) is 0 Å². The van der Waals surface area contributed by atoms with E-state index < -0.39 is 0 Å². The van der Waals surface area contributed by atoms with Crippen LogP contribution in [0.25, 0.3) is 0 Å². The van der Waals surface area contributed by atoms with Gasteiger partial charge in [-0.2, -0.15) is 0 Å². The lowest BCUT2D eigenvalue weighted by Gasteiger charge is -2.30. The Hall–Kier alpha value is -2.53. The minimum atomic E-state index is 0.0137. The number of piperidine rings is 1. The Labute approximate surface area is 148 Å². The number of likely N-dealkylation sites (tertiary alicyclic amines) is 1. The fourth-order valence-corrected chi connectivity index (χ4v) is 2.94. The van der Waals surface area contributed by atoms with Gasteiger partial charge in [-0.15, -0.1) is 0 Å². The standard InChI is InChI=1S/C20H24N2O3/c1-24-19-13-16(20(23)22-11-9-17(21)10-12-22)7-8-18(19)25-14-15-5-3-2-4-6-15/h2-8,13,17H,9-12,14,21H2,1H3. The van der Waals surface area contributed by atoms with Crippen molar-refractivity contribution in [3.8, 4) is 11.5 Å². The predicted molar refractivity (Wildman–Crippen MR) is 96.9 cm³/mol. The van der Waals surface area contributed by atoms with Crippen molar-refractivity contribution in [3.63, 3.8) is 0 Å². The third kappa shape index (κ3) is 4.31. The van der Waals surface area contributed by atoms with Gasteiger partial charge in [0.2, 0.25) is 0 Å². The van der Waals surface area contributed by atoms with Gasteiger partial charge < -0.3 is 20.1 Å². The van der Waals surface area contributed by atoms with Crippen LogP contribution in [0.2, 0.25) is 0 Å². The van der Waals surface area contributed by atoms with Gasteiger partial charge in [-0.1, -0.05) is 30.3 Å². The molecule has 25 heavy (non-hydrogen) atoms. The number of amides is 1. The maximum atomic E-state index is 12.7. The third-order valence-electron chi connectivity index (χ3n) is 4.47. The minimum Gasteiger partial charge on any atom is -0.493 e. The van der Waals surface area contributed by atoms with Crippen LogP contribution in [0.1, 0.15) is 28.8 Å². The zero-order valence-electron chi connectivity index (χ0n) is 14.5. The highest BCUT2D eigenvalue weighted by atomic mass is 16.5. The van der Waals surface area contributed by atoms with E-state index in [1.807, 2.05) is 35.2 Å². The predicted octanol–water partition coefficient (Wildman–Crippen LogP) is 2.84. The first kappa shape index (κ1) is 17.3. The Balaban J connectivity index is 1.69. The molecule has 0 atom stereocenters. The number of benzene rings is 2. The molecule has 3 rings (SSSR count). The first-order chi connectivity index (χ1) is 12.2. The summed E-state index contributed by atoms with van der Waals surface area (Å²) in [6.07, 6.45) is 1.70. The monoisotopic (exact) mass is 340 g/mol. The van der Waals surface area contributed by atoms with Gasteiger partial charge in [-0.05, 0) is 36.6 Å². The second-order valence-corrected chi connectivity index (χ2v) is 6.27. The quantitative estimate of drug-likeness (QED) is 0.909. The molecule has 1 fully saturated rings. The van der Waals surface area contributed by atoms with Crippen LogP contribution in [0, 0.1) is 0 Å². The van der Waals surface area contributed by atoms with Crippen molar-refractivity contribution in [1.29, 1.82) is 0 Å². The molecule has 0 spiro atoms. The van der Waals surface area contributed by atoms with Gasteiger partial charge in [0.25, 0.3) is 5.91 Å². The number of methoxy groups -OCH3 is 1. The zero-order chi connectivity index (χ0) is 17.6. The Morgan fingerprint density at radius 1 is 1.12 bits per heavy atom. The van der Waals surface area contributed by atoms with Crippen LogP contribution < -0.4 is 15.2 Å². The van der Waals surface area contributed by atoms with E-state index >= 15 is 0 Å². The van der Waals surface area contributed by atoms with Crippen molar-refractivity contribution in [3.05, 3.63) is 59.7 Å². The Morgan fingerprint density at radius 2 is 1.84 bits per heavy atom. The van der Waals surface area contributed by atoms with E-state index in [4.69, 9.17) is 15.2 Å². The molecular weight excluding hydrogens is 316 g/mol. The van der Waals surface area contributed by atoms with Gasteiger partial charge >= 0.3 is 0 Å². The summed E-state index contributed by atoms with van der Waals surface area (Å²) in [4.78, 5) is 14.5. The lowest BCUT2D eigenvalue weighted by atomic mass is 10.0. The molecule has 2 aromatic rings. The number of rotatable bonds is 5. The van der Waals surface area contributed by atoms with Gasteiger partial charge in [0, 0.05) is 24.7 Å². The Morgan fingerprint density at radius 3 is 2.52 bits per heavy atom. The van der Waals surface area contributed by atoms with Crippen molar-refractivity contribution in [2.45, 2.75) is 25.5 Å². The Bertz CT molecular complexity index is 710. The van der Waals surface area contributed by atoms with E-state index in [1.54, 1.807) is 25.3 Å². The summed E-state index contributed by atoms with van der Waals surface area (Å²) in [7, 11) is 1.58. The SMILES string of the molecule is COc1cc(C(=O)N2CCC(N)CC2)ccc1OCc1ccccc1. The van der Waals surface area contributed by atoms with Gasteiger partial charge in [-0.3, -0.25) is 4.79 Å². The van der Waals surface area contributed by atoms with E-state index in [2.05, 4.69) is 0 Å². The van der Waals surface area contributed by atoms with Crippen molar-refractivity contribution in [2.24, 2.45) is 5.73 Å². The second kappa shape index (κ2) is 8.03. The van der Waals surface area contributed by atoms with Gasteiger partial charge in [0.1, 0.15) is 6.61 Å². The number of ether oxygens (including phenoxy) is 2. The van der Waals surface area contributed by atoms with E-state index in [1.165, 1.54) is 0 Å². The van der Waals surface area contributed by atoms with E-state index in [0.717, 1.165) is 18.4 Å². The van der Waals surface area contributed by atoms with Crippen LogP contribution in [-0.4, -0.2) is 37.0 Å². The molecule has 0 aliphatic carbocycles. The van der Waals surface area contributed by atoms with Crippen molar-refractivity contribution < 1.29 is 14.3 Å². The van der Waals surface area contributed by atoms with E-state index in [9.17, 15) is 4.79 Å². The second-order valence-electron chi connectivity index (χ2n) is 6.27. The summed E-state index contributed by atoms with van der Waals surface area (Å²) in [5.41, 5.74) is 7.60. The molecule has 0 bridgehead atoms. The molecule has 5 nitrogen and oxygen atoms in total. The average Bonchev–Trinajstić information content (AvgIpc) is 2.67. The molecule has 2 N–H and O–H groups in total. The summed E-state index contributed by atoms with van der Waals surface area (Å²) in [5.74, 6) is 1.21. The first-order valence-electron chi connectivity index (χ1n) is 8.57. The molecule has 5 heteroatoms. The number of hydrogen-bond donors (Lipinski definition) is 1. The summed E-state index contributed by atoms with van der Waals surface area (Å²) in [6.45, 7) is 1.86. The van der Waals surface area contributed by atoms with Crippen molar-refractivity contribution in [1.82, 2.24) is 4.90 Å². The maximum Gasteiger partial charge on any atom is 0.253 e. The first-order valence-corrected chi connectivity index (χ1v) is 8.57. The van der Waals surface area contributed by atoms with E-state index in [-0.39, 0.29) is 11.9 Å². The summed E-state index contributed by atoms with van der Waals surface area (Å²) >= 11 is 0. The molecular formula is C20H24N2O3. The number of nitrogens with zero attached hydrogens (tertiary/aromatic N) is 1. The maximum absolute atomic E-state index is 12.7. The number of carbonyl (C=O) groups is 1. The number of carbonyl (C=O) groups excluding carboxylic acids is 1. The molecule has 1 saturated heterocycles. The smallest absolute Gasteiger partial charge is 0.253 e. The van der Waals surface area contributed by atoms with Gasteiger partial charge in [0.15, 0.2) is 11.5 Å². The molecule has 1 heterocycles. The van der Waals surface area contributed by atoms with Crippen LogP contribution in [0.15, 0.2) is 48.5 Å². The summed E-state index contributed by atoms with van der Waals surface area (Å²) in [5, 5.41) is 0. The van der Waals surface area contributed by atoms with Crippen molar-refractivity contribution in [2.75, 3.05) is 20.2 Å². The highest BCUT2D eigenvalue weighted by Crippen LogP contribution is 2.29. The molecule has 0 unspecified atom stereocenters. The highest BCUT2D eigenvalue weighted by Gasteiger charge is 2.22. The summed E-state index contributed by atoms with van der Waals surface area (Å²) in [6, 6.07) is 15.5. The number of nitrogens with two attached hydrogens (primary N) is 1. The summed E-state index contributed by atoms with van der Waals surface area (Å²) < 4.78 is 11.3. The molecule has 0 aromatic heterocycles. The zero-order valence-corrected chi connectivity index (χ0v) is 14.5. The van der Waals surface area contributed by atoms with Gasteiger partial charge in [0.05, 0.1) is 7.11 Å². The fraction of sp³-hybridized carbons (Fsp3) is 0.350. The normalized spacial score (nSPS) is 15.0. The topological polar surface area (TPSA) is 64.8 Å². The van der Waals surface area contributed by atoms with Crippen LogP contribution in [0.4, 0.5) is 0 Å². The molecule has 1 amide bonds. The largest absolute Gasteiger partial charge is 0.493 e. The molecule has 2 aromatic carbocycles. The lowest BCUT2D eigenvalue weighted by molar-refractivity contribution is 0.0714. The van der Waals surface area contributed by atoms with Gasteiger partial charge in [-0.25, -0.2) is 0 Å². The van der Waals surface area contributed by atoms with Crippen LogP contribution in [0.5, 0.6) is 11.5 Å². The number of hydrogen-bond acceptors (Lipinski definition) is 4. The van der Waals surface area contributed by atoms with Crippen molar-refractivity contribution >= 4 is 5.91 Å². The molecule has 1 aliphatic heterocycles. The van der Waals surface area contributed by atoms with E-state index in [0.29, 0.717) is 36.8 Å². The molecule has 132 valence electrons. The van der Waals surface area contributed by atoms with Crippen LogP contribution in [-0.2, 0) is 6.61 Å². The highest BCUT2D eigenvalue weighted by molar-refractivity contribution is 5.95. The lowest BCUT2D eigenvalue weighted by Crippen LogP contribution is -2.42. The molecule has 0 radical (unpaired) electrons. The fourth-order valence-electron chi connectivity index (χ4n) is 2.94. The minimum absolute atomic E-state index is 0.0137. The Kier molecular flexibility index (Phi) is 5.56. The third-order valence-corrected chi connectivity index (χ3v) is 4.47. The molecule has 1 aliphatic rings.